The molecule has 4 aromatic rings. The van der Waals surface area contributed by atoms with Crippen molar-refractivity contribution in [3.05, 3.63) is 71.6 Å². The molecule has 0 aliphatic rings. The summed E-state index contributed by atoms with van der Waals surface area (Å²) in [6.45, 7) is 4.07. The highest BCUT2D eigenvalue weighted by Crippen LogP contribution is 2.27. The number of aromatic amines is 1. The van der Waals surface area contributed by atoms with Crippen LogP contribution in [0.1, 0.15) is 16.7 Å². The Bertz CT molecular complexity index is 1080. The lowest BCUT2D eigenvalue weighted by Gasteiger charge is -2.03. The topological polar surface area (TPSA) is 70.9 Å². The summed E-state index contributed by atoms with van der Waals surface area (Å²) in [6.07, 6.45) is 3.61. The Morgan fingerprint density at radius 2 is 1.96 bits per heavy atom. The van der Waals surface area contributed by atoms with E-state index in [1.807, 2.05) is 56.3 Å². The van der Waals surface area contributed by atoms with E-state index in [1.165, 1.54) is 5.56 Å². The molecule has 2 N–H and O–H groups in total. The molecule has 0 unspecified atom stereocenters. The lowest BCUT2D eigenvalue weighted by molar-refractivity contribution is -0.115. The summed E-state index contributed by atoms with van der Waals surface area (Å²) < 4.78 is 5.67. The van der Waals surface area contributed by atoms with E-state index in [2.05, 4.69) is 15.3 Å². The van der Waals surface area contributed by atoms with Gasteiger partial charge in [-0.1, -0.05) is 42.5 Å². The van der Waals surface area contributed by atoms with E-state index in [1.54, 1.807) is 12.5 Å². The minimum Gasteiger partial charge on any atom is -0.464 e. The number of anilines is 1. The molecule has 1 amide bonds. The molecular formula is C21H19N3O2. The van der Waals surface area contributed by atoms with E-state index < -0.39 is 0 Å². The van der Waals surface area contributed by atoms with E-state index in [9.17, 15) is 4.79 Å². The van der Waals surface area contributed by atoms with Gasteiger partial charge >= 0.3 is 0 Å². The monoisotopic (exact) mass is 345 g/mol. The SMILES string of the molecule is Cc1ccc2c(CC(=O)Nc3ncc(-c4ccccc4)[nH]3)coc2c1C. The molecule has 2 aromatic carbocycles. The molecule has 0 saturated heterocycles. The molecule has 0 aliphatic carbocycles. The Morgan fingerprint density at radius 1 is 1.15 bits per heavy atom. The highest BCUT2D eigenvalue weighted by Gasteiger charge is 2.14. The van der Waals surface area contributed by atoms with Gasteiger partial charge in [0, 0.05) is 10.9 Å². The first-order valence-electron chi connectivity index (χ1n) is 8.48. The summed E-state index contributed by atoms with van der Waals surface area (Å²) in [5.74, 6) is 0.300. The molecule has 2 aromatic heterocycles. The molecule has 0 saturated carbocycles. The molecule has 0 aliphatic heterocycles. The third kappa shape index (κ3) is 2.99. The van der Waals surface area contributed by atoms with E-state index in [0.29, 0.717) is 5.95 Å². The van der Waals surface area contributed by atoms with Crippen molar-refractivity contribution in [2.45, 2.75) is 20.3 Å². The smallest absolute Gasteiger partial charge is 0.231 e. The first-order valence-corrected chi connectivity index (χ1v) is 8.48. The largest absolute Gasteiger partial charge is 0.464 e. The summed E-state index contributed by atoms with van der Waals surface area (Å²) in [5, 5.41) is 3.79. The fourth-order valence-electron chi connectivity index (χ4n) is 3.02. The van der Waals surface area contributed by atoms with Crippen LogP contribution in [0.3, 0.4) is 0 Å². The number of carbonyl (C=O) groups is 1. The average Bonchev–Trinajstić information content (AvgIpc) is 3.27. The maximum Gasteiger partial charge on any atom is 0.231 e. The molecule has 0 radical (unpaired) electrons. The summed E-state index contributed by atoms with van der Waals surface area (Å²) in [5.41, 5.74) is 5.88. The van der Waals surface area contributed by atoms with Gasteiger partial charge in [-0.2, -0.15) is 0 Å². The second-order valence-corrected chi connectivity index (χ2v) is 6.38. The van der Waals surface area contributed by atoms with Crippen LogP contribution in [0.4, 0.5) is 5.95 Å². The summed E-state index contributed by atoms with van der Waals surface area (Å²) >= 11 is 0. The third-order valence-corrected chi connectivity index (χ3v) is 4.61. The van der Waals surface area contributed by atoms with Gasteiger partial charge in [0.25, 0.3) is 0 Å². The molecule has 0 bridgehead atoms. The van der Waals surface area contributed by atoms with Crippen molar-refractivity contribution in [3.8, 4) is 11.3 Å². The number of benzene rings is 2. The van der Waals surface area contributed by atoms with Gasteiger partial charge in [0.05, 0.1) is 24.6 Å². The van der Waals surface area contributed by atoms with Crippen LogP contribution in [0, 0.1) is 13.8 Å². The first-order chi connectivity index (χ1) is 12.6. The average molecular weight is 345 g/mol. The van der Waals surface area contributed by atoms with Gasteiger partial charge in [-0.15, -0.1) is 0 Å². The van der Waals surface area contributed by atoms with Crippen molar-refractivity contribution in [1.29, 1.82) is 0 Å². The lowest BCUT2D eigenvalue weighted by atomic mass is 10.0. The summed E-state index contributed by atoms with van der Waals surface area (Å²) in [4.78, 5) is 19.8. The van der Waals surface area contributed by atoms with Gasteiger partial charge in [0.15, 0.2) is 0 Å². The Kier molecular flexibility index (Phi) is 4.05. The van der Waals surface area contributed by atoms with Crippen molar-refractivity contribution in [2.75, 3.05) is 5.32 Å². The van der Waals surface area contributed by atoms with Gasteiger partial charge in [-0.05, 0) is 30.5 Å². The fraction of sp³-hybridized carbons (Fsp3) is 0.143. The van der Waals surface area contributed by atoms with Crippen LogP contribution in [-0.2, 0) is 11.2 Å². The molecule has 5 nitrogen and oxygen atoms in total. The number of hydrogen-bond donors (Lipinski definition) is 2. The molecule has 0 atom stereocenters. The number of nitrogens with one attached hydrogen (secondary N) is 2. The third-order valence-electron chi connectivity index (χ3n) is 4.61. The van der Waals surface area contributed by atoms with Crippen LogP contribution in [-0.4, -0.2) is 15.9 Å². The van der Waals surface area contributed by atoms with Gasteiger partial charge < -0.3 is 9.40 Å². The zero-order chi connectivity index (χ0) is 18.1. The second-order valence-electron chi connectivity index (χ2n) is 6.38. The number of carbonyl (C=O) groups excluding carboxylic acids is 1. The molecule has 0 spiro atoms. The zero-order valence-electron chi connectivity index (χ0n) is 14.7. The van der Waals surface area contributed by atoms with Crippen LogP contribution in [0.25, 0.3) is 22.2 Å². The highest BCUT2D eigenvalue weighted by atomic mass is 16.3. The molecular weight excluding hydrogens is 326 g/mol. The number of amides is 1. The minimum atomic E-state index is -0.139. The van der Waals surface area contributed by atoms with Crippen molar-refractivity contribution >= 4 is 22.8 Å². The number of furan rings is 1. The van der Waals surface area contributed by atoms with E-state index in [4.69, 9.17) is 4.42 Å². The lowest BCUT2D eigenvalue weighted by Crippen LogP contribution is -2.15. The number of H-pyrrole nitrogens is 1. The number of fused-ring (bicyclic) bond motifs is 1. The summed E-state index contributed by atoms with van der Waals surface area (Å²) in [7, 11) is 0. The molecule has 0 fully saturated rings. The maximum absolute atomic E-state index is 12.4. The van der Waals surface area contributed by atoms with Crippen LogP contribution in [0.2, 0.25) is 0 Å². The van der Waals surface area contributed by atoms with Gasteiger partial charge in [-0.25, -0.2) is 4.98 Å². The van der Waals surface area contributed by atoms with Crippen LogP contribution in [0.5, 0.6) is 0 Å². The first kappa shape index (κ1) is 16.1. The number of aromatic nitrogens is 2. The van der Waals surface area contributed by atoms with Crippen molar-refractivity contribution < 1.29 is 9.21 Å². The van der Waals surface area contributed by atoms with Crippen LogP contribution >= 0.6 is 0 Å². The Labute approximate surface area is 151 Å². The quantitative estimate of drug-likeness (QED) is 0.567. The van der Waals surface area contributed by atoms with Crippen LogP contribution in [0.15, 0.2) is 59.3 Å². The maximum atomic E-state index is 12.4. The van der Waals surface area contributed by atoms with E-state index in [-0.39, 0.29) is 12.3 Å². The zero-order valence-corrected chi connectivity index (χ0v) is 14.7. The minimum absolute atomic E-state index is 0.139. The van der Waals surface area contributed by atoms with E-state index >= 15 is 0 Å². The predicted octanol–water partition coefficient (Wildman–Crippen LogP) is 4.62. The number of rotatable bonds is 4. The van der Waals surface area contributed by atoms with Crippen LogP contribution < -0.4 is 5.32 Å². The molecule has 5 heteroatoms. The van der Waals surface area contributed by atoms with Crippen molar-refractivity contribution in [3.63, 3.8) is 0 Å². The number of aryl methyl sites for hydroxylation is 2. The number of nitrogens with zero attached hydrogens (tertiary/aromatic N) is 1. The molecule has 26 heavy (non-hydrogen) atoms. The molecule has 130 valence electrons. The van der Waals surface area contributed by atoms with Crippen molar-refractivity contribution in [1.82, 2.24) is 9.97 Å². The molecule has 4 rings (SSSR count). The number of imidazole rings is 1. The van der Waals surface area contributed by atoms with Gasteiger partial charge in [0.2, 0.25) is 11.9 Å². The van der Waals surface area contributed by atoms with Crippen molar-refractivity contribution in [2.24, 2.45) is 0 Å². The van der Waals surface area contributed by atoms with Gasteiger partial charge in [0.1, 0.15) is 5.58 Å². The second kappa shape index (κ2) is 6.52. The Hall–Kier alpha value is -3.34. The standard InChI is InChI=1S/C21H19N3O2/c1-13-8-9-17-16(12-26-20(17)14(13)2)10-19(25)24-21-22-11-18(23-21)15-6-4-3-5-7-15/h3-9,11-12H,10H2,1-2H3,(H2,22,23,24,25). The summed E-state index contributed by atoms with van der Waals surface area (Å²) in [6, 6.07) is 13.9. The molecule has 2 heterocycles. The highest BCUT2D eigenvalue weighted by molar-refractivity contribution is 5.95. The van der Waals surface area contributed by atoms with Gasteiger partial charge in [-0.3, -0.25) is 10.1 Å². The Morgan fingerprint density at radius 3 is 2.77 bits per heavy atom. The number of hydrogen-bond acceptors (Lipinski definition) is 3. The van der Waals surface area contributed by atoms with E-state index in [0.717, 1.165) is 33.4 Å². The predicted molar refractivity (Wildman–Crippen MR) is 102 cm³/mol. The Balaban J connectivity index is 1.50. The fourth-order valence-corrected chi connectivity index (χ4v) is 3.02. The normalized spacial score (nSPS) is 11.0.